The second-order valence-electron chi connectivity index (χ2n) is 20.2. The van der Waals surface area contributed by atoms with E-state index >= 15 is 0 Å². The summed E-state index contributed by atoms with van der Waals surface area (Å²) >= 11 is 0. The molecule has 370 valence electrons. The molecule has 0 saturated heterocycles. The average molecular weight is 1010 g/mol. The van der Waals surface area contributed by atoms with E-state index in [1.807, 2.05) is 0 Å². The van der Waals surface area contributed by atoms with Crippen LogP contribution in [0.4, 0.5) is 0 Å². The summed E-state index contributed by atoms with van der Waals surface area (Å²) in [5.41, 5.74) is 24.5. The van der Waals surface area contributed by atoms with E-state index in [1.54, 1.807) is 0 Å². The fourth-order valence-electron chi connectivity index (χ4n) is 11.2. The molecule has 0 saturated carbocycles. The molecule has 3 nitrogen and oxygen atoms in total. The Morgan fingerprint density at radius 1 is 0.190 bits per heavy atom. The van der Waals surface area contributed by atoms with Gasteiger partial charge in [0.05, 0.1) is 22.4 Å². The highest BCUT2D eigenvalue weighted by Gasteiger charge is 2.16. The van der Waals surface area contributed by atoms with Gasteiger partial charge in [-0.1, -0.05) is 249 Å². The highest BCUT2D eigenvalue weighted by molar-refractivity contribution is 6.09. The normalized spacial score (nSPS) is 11.3. The van der Waals surface area contributed by atoms with Gasteiger partial charge in [0.1, 0.15) is 0 Å². The topological polar surface area (TPSA) is 30.7 Å². The quantitative estimate of drug-likeness (QED) is 0.129. The fourth-order valence-corrected chi connectivity index (χ4v) is 11.2. The maximum Gasteiger partial charge on any atom is 0.160 e. The fraction of sp³-hybridized carbons (Fsp3) is 0. The van der Waals surface area contributed by atoms with Gasteiger partial charge in [-0.05, 0) is 139 Å². The van der Waals surface area contributed by atoms with E-state index in [0.29, 0.717) is 5.82 Å². The monoisotopic (exact) mass is 1010 g/mol. The van der Waals surface area contributed by atoms with Crippen LogP contribution >= 0.6 is 0 Å². The molecule has 0 N–H and O–H groups in total. The molecule has 0 aliphatic carbocycles. The summed E-state index contributed by atoms with van der Waals surface area (Å²) < 4.78 is 2.37. The third-order valence-electron chi connectivity index (χ3n) is 15.2. The molecule has 0 aliphatic heterocycles. The van der Waals surface area contributed by atoms with Crippen LogP contribution in [0.3, 0.4) is 0 Å². The molecule has 3 heteroatoms. The molecule has 0 aliphatic rings. The lowest BCUT2D eigenvalue weighted by atomic mass is 9.95. The summed E-state index contributed by atoms with van der Waals surface area (Å²) in [4.78, 5) is 10.7. The van der Waals surface area contributed by atoms with Crippen molar-refractivity contribution in [3.8, 4) is 117 Å². The number of fused-ring (bicyclic) bond motifs is 3. The van der Waals surface area contributed by atoms with E-state index in [4.69, 9.17) is 9.97 Å². The molecular formula is C76H51N3. The van der Waals surface area contributed by atoms with Crippen LogP contribution in [0.5, 0.6) is 0 Å². The van der Waals surface area contributed by atoms with Crippen LogP contribution < -0.4 is 0 Å². The van der Waals surface area contributed by atoms with Crippen molar-refractivity contribution in [2.45, 2.75) is 0 Å². The largest absolute Gasteiger partial charge is 0.309 e. The maximum absolute atomic E-state index is 5.36. The van der Waals surface area contributed by atoms with Crippen LogP contribution in [0.15, 0.2) is 309 Å². The summed E-state index contributed by atoms with van der Waals surface area (Å²) in [5.74, 6) is 0.665. The predicted octanol–water partition coefficient (Wildman–Crippen LogP) is 20.2. The second-order valence-corrected chi connectivity index (χ2v) is 20.2. The first-order valence-corrected chi connectivity index (χ1v) is 26.9. The van der Waals surface area contributed by atoms with Crippen molar-refractivity contribution in [1.82, 2.24) is 14.5 Å². The van der Waals surface area contributed by atoms with Gasteiger partial charge in [-0.3, -0.25) is 0 Å². The SMILES string of the molecule is c1ccc(-c2cccc(-c3cccc(-c4ccc(-c5cccc(-c6cc(-c7cccc(-c8cccc(-c9ccccc9)c8)c7)nc(-c7ccc(-c8cccc(-n9c%10ccccc%10c%10ccccc%109)c8)cc7)n6)c5)cc4)c3)c2)cc1. The number of aromatic nitrogens is 3. The molecular weight excluding hydrogens is 955 g/mol. The van der Waals surface area contributed by atoms with Gasteiger partial charge in [0.2, 0.25) is 0 Å². The van der Waals surface area contributed by atoms with Crippen molar-refractivity contribution in [1.29, 1.82) is 0 Å². The van der Waals surface area contributed by atoms with Crippen LogP contribution in [0.2, 0.25) is 0 Å². The minimum Gasteiger partial charge on any atom is -0.309 e. The van der Waals surface area contributed by atoms with E-state index in [2.05, 4.69) is 314 Å². The van der Waals surface area contributed by atoms with Gasteiger partial charge >= 0.3 is 0 Å². The van der Waals surface area contributed by atoms with Crippen molar-refractivity contribution in [2.24, 2.45) is 0 Å². The molecule has 0 radical (unpaired) electrons. The zero-order valence-electron chi connectivity index (χ0n) is 43.3. The molecule has 0 atom stereocenters. The minimum atomic E-state index is 0.665. The molecule has 0 fully saturated rings. The molecule has 2 aromatic heterocycles. The highest BCUT2D eigenvalue weighted by atomic mass is 15.0. The molecule has 14 rings (SSSR count). The van der Waals surface area contributed by atoms with Gasteiger partial charge in [-0.2, -0.15) is 0 Å². The van der Waals surface area contributed by atoms with Crippen LogP contribution in [0, 0.1) is 0 Å². The standard InChI is InChI=1S/C76H51N3/c1-3-17-52(18-4-1)58-21-11-25-62(45-58)63-26-13-23-60(47-63)54-37-39-55(40-38-54)61-24-14-30-67(48-61)72-51-73(68-31-15-28-65(49-68)64-27-12-22-59(46-64)53-19-5-2-6-20-53)78-76(77-72)57-43-41-56(42-44-57)66-29-16-32-69(50-66)79-74-35-9-7-33-70(74)71-34-8-10-36-75(71)79/h1-51H. The molecule has 14 aromatic rings. The Hall–Kier alpha value is -10.5. The first kappa shape index (κ1) is 47.0. The van der Waals surface area contributed by atoms with E-state index in [9.17, 15) is 0 Å². The summed E-state index contributed by atoms with van der Waals surface area (Å²) in [6, 6.07) is 111. The Labute approximate surface area is 460 Å². The first-order chi connectivity index (χ1) is 39.1. The molecule has 0 bridgehead atoms. The van der Waals surface area contributed by atoms with E-state index in [1.165, 1.54) is 66.3 Å². The predicted molar refractivity (Wildman–Crippen MR) is 331 cm³/mol. The van der Waals surface area contributed by atoms with Gasteiger partial charge < -0.3 is 4.57 Å². The smallest absolute Gasteiger partial charge is 0.160 e. The molecule has 12 aromatic carbocycles. The Kier molecular flexibility index (Phi) is 12.2. The molecule has 0 spiro atoms. The van der Waals surface area contributed by atoms with Crippen molar-refractivity contribution in [2.75, 3.05) is 0 Å². The van der Waals surface area contributed by atoms with Crippen LogP contribution in [-0.2, 0) is 0 Å². The van der Waals surface area contributed by atoms with Crippen molar-refractivity contribution in [3.63, 3.8) is 0 Å². The summed E-state index contributed by atoms with van der Waals surface area (Å²) in [5, 5.41) is 2.50. The van der Waals surface area contributed by atoms with Gasteiger partial charge in [-0.25, -0.2) is 9.97 Å². The van der Waals surface area contributed by atoms with Gasteiger partial charge in [-0.15, -0.1) is 0 Å². The number of rotatable bonds is 11. The molecule has 0 amide bonds. The third-order valence-corrected chi connectivity index (χ3v) is 15.2. The van der Waals surface area contributed by atoms with Gasteiger partial charge in [0.15, 0.2) is 5.82 Å². The lowest BCUT2D eigenvalue weighted by Gasteiger charge is -2.13. The van der Waals surface area contributed by atoms with Gasteiger partial charge in [0.25, 0.3) is 0 Å². The Morgan fingerprint density at radius 3 is 0.873 bits per heavy atom. The van der Waals surface area contributed by atoms with Crippen molar-refractivity contribution < 1.29 is 0 Å². The number of nitrogens with zero attached hydrogens (tertiary/aromatic N) is 3. The molecule has 2 heterocycles. The Morgan fingerprint density at radius 2 is 0.468 bits per heavy atom. The van der Waals surface area contributed by atoms with Crippen molar-refractivity contribution in [3.05, 3.63) is 309 Å². The first-order valence-electron chi connectivity index (χ1n) is 26.9. The summed E-state index contributed by atoms with van der Waals surface area (Å²) in [7, 11) is 0. The van der Waals surface area contributed by atoms with E-state index < -0.39 is 0 Å². The average Bonchev–Trinajstić information content (AvgIpc) is 3.89. The molecule has 79 heavy (non-hydrogen) atoms. The van der Waals surface area contributed by atoms with E-state index in [-0.39, 0.29) is 0 Å². The number of hydrogen-bond donors (Lipinski definition) is 0. The maximum atomic E-state index is 5.36. The van der Waals surface area contributed by atoms with Crippen molar-refractivity contribution >= 4 is 21.8 Å². The van der Waals surface area contributed by atoms with Crippen LogP contribution in [0.1, 0.15) is 0 Å². The third kappa shape index (κ3) is 9.41. The highest BCUT2D eigenvalue weighted by Crippen LogP contribution is 2.37. The summed E-state index contributed by atoms with van der Waals surface area (Å²) in [6.45, 7) is 0. The Balaban J connectivity index is 0.805. The number of para-hydroxylation sites is 2. The van der Waals surface area contributed by atoms with Gasteiger partial charge in [0, 0.05) is 33.2 Å². The lowest BCUT2D eigenvalue weighted by molar-refractivity contribution is 1.18. The van der Waals surface area contributed by atoms with Crippen LogP contribution in [-0.4, -0.2) is 14.5 Å². The Bertz CT molecular complexity index is 4460. The minimum absolute atomic E-state index is 0.665. The molecule has 0 unspecified atom stereocenters. The second kappa shape index (κ2) is 20.6. The van der Waals surface area contributed by atoms with E-state index in [0.717, 1.165) is 67.1 Å². The van der Waals surface area contributed by atoms with Crippen LogP contribution in [0.25, 0.3) is 139 Å². The number of benzene rings is 12. The zero-order valence-corrected chi connectivity index (χ0v) is 43.3. The lowest BCUT2D eigenvalue weighted by Crippen LogP contribution is -1.97. The summed E-state index contributed by atoms with van der Waals surface area (Å²) in [6.07, 6.45) is 0. The zero-order chi connectivity index (χ0) is 52.5. The number of hydrogen-bond acceptors (Lipinski definition) is 2.